The van der Waals surface area contributed by atoms with Gasteiger partial charge < -0.3 is 0 Å². The number of benzene rings is 2. The molecule has 0 saturated carbocycles. The third-order valence-corrected chi connectivity index (χ3v) is 4.22. The Bertz CT molecular complexity index is 1230. The van der Waals surface area contributed by atoms with Crippen LogP contribution in [0.1, 0.15) is 5.56 Å². The van der Waals surface area contributed by atoms with Crippen molar-refractivity contribution in [2.75, 3.05) is 0 Å². The van der Waals surface area contributed by atoms with E-state index in [1.54, 1.807) is 30.3 Å². The van der Waals surface area contributed by atoms with Gasteiger partial charge in [0, 0.05) is 12.3 Å². The molecule has 2 heterocycles. The molecule has 0 saturated heterocycles. The molecule has 0 N–H and O–H groups in total. The van der Waals surface area contributed by atoms with Crippen molar-refractivity contribution in [2.24, 2.45) is 0 Å². The van der Waals surface area contributed by atoms with E-state index in [4.69, 9.17) is 0 Å². The van der Waals surface area contributed by atoms with E-state index in [9.17, 15) is 22.4 Å². The SMILES string of the molecule is O=c1ccn(-c2ccc(C(F)(F)F)cc2F)nc1-c1ccnn1-c1ccccc1. The molecule has 5 nitrogen and oxygen atoms in total. The molecule has 2 aromatic carbocycles. The lowest BCUT2D eigenvalue weighted by molar-refractivity contribution is -0.137. The quantitative estimate of drug-likeness (QED) is 0.484. The second-order valence-electron chi connectivity index (χ2n) is 6.10. The van der Waals surface area contributed by atoms with Gasteiger partial charge in [-0.05, 0) is 36.4 Å². The molecule has 0 unspecified atom stereocenters. The van der Waals surface area contributed by atoms with Crippen molar-refractivity contribution < 1.29 is 17.6 Å². The minimum Gasteiger partial charge on any atom is -0.287 e. The summed E-state index contributed by atoms with van der Waals surface area (Å²) in [5, 5.41) is 8.34. The Hall–Kier alpha value is -3.75. The van der Waals surface area contributed by atoms with Gasteiger partial charge >= 0.3 is 6.18 Å². The van der Waals surface area contributed by atoms with Gasteiger partial charge in [-0.3, -0.25) is 4.79 Å². The molecule has 0 aliphatic carbocycles. The van der Waals surface area contributed by atoms with Crippen LogP contribution in [0.15, 0.2) is 77.9 Å². The summed E-state index contributed by atoms with van der Waals surface area (Å²) in [6.45, 7) is 0. The van der Waals surface area contributed by atoms with Crippen LogP contribution in [0.3, 0.4) is 0 Å². The third-order valence-electron chi connectivity index (χ3n) is 4.22. The summed E-state index contributed by atoms with van der Waals surface area (Å²) in [6.07, 6.45) is -1.98. The molecule has 146 valence electrons. The fourth-order valence-corrected chi connectivity index (χ4v) is 2.85. The summed E-state index contributed by atoms with van der Waals surface area (Å²) in [4.78, 5) is 12.4. The first kappa shape index (κ1) is 18.6. The van der Waals surface area contributed by atoms with Crippen molar-refractivity contribution in [2.45, 2.75) is 6.18 Å². The fraction of sp³-hybridized carbons (Fsp3) is 0.0500. The lowest BCUT2D eigenvalue weighted by Crippen LogP contribution is -2.16. The highest BCUT2D eigenvalue weighted by atomic mass is 19.4. The van der Waals surface area contributed by atoms with E-state index in [0.717, 1.165) is 16.8 Å². The number of rotatable bonds is 3. The number of aromatic nitrogens is 4. The summed E-state index contributed by atoms with van der Waals surface area (Å²) in [5.74, 6) is -1.11. The van der Waals surface area contributed by atoms with Gasteiger partial charge in [-0.25, -0.2) is 13.8 Å². The second kappa shape index (κ2) is 7.01. The van der Waals surface area contributed by atoms with Gasteiger partial charge in [-0.1, -0.05) is 18.2 Å². The number of hydrogen-bond donors (Lipinski definition) is 0. The zero-order chi connectivity index (χ0) is 20.6. The first-order valence-corrected chi connectivity index (χ1v) is 8.41. The van der Waals surface area contributed by atoms with Crippen LogP contribution in [0.2, 0.25) is 0 Å². The molecule has 0 amide bonds. The van der Waals surface area contributed by atoms with Crippen molar-refractivity contribution in [3.63, 3.8) is 0 Å². The van der Waals surface area contributed by atoms with Gasteiger partial charge in [-0.15, -0.1) is 0 Å². The van der Waals surface area contributed by atoms with Crippen LogP contribution >= 0.6 is 0 Å². The highest BCUT2D eigenvalue weighted by Crippen LogP contribution is 2.31. The summed E-state index contributed by atoms with van der Waals surface area (Å²) >= 11 is 0. The van der Waals surface area contributed by atoms with Crippen LogP contribution in [0.25, 0.3) is 22.8 Å². The molecule has 9 heteroatoms. The number of halogens is 4. The van der Waals surface area contributed by atoms with Crippen molar-refractivity contribution >= 4 is 0 Å². The van der Waals surface area contributed by atoms with E-state index in [1.165, 1.54) is 23.1 Å². The van der Waals surface area contributed by atoms with E-state index in [0.29, 0.717) is 17.4 Å². The maximum absolute atomic E-state index is 14.3. The van der Waals surface area contributed by atoms with E-state index in [1.807, 2.05) is 6.07 Å². The van der Waals surface area contributed by atoms with Crippen molar-refractivity contribution in [3.8, 4) is 22.8 Å². The topological polar surface area (TPSA) is 52.7 Å². The normalized spacial score (nSPS) is 11.6. The lowest BCUT2D eigenvalue weighted by Gasteiger charge is -2.12. The van der Waals surface area contributed by atoms with Gasteiger partial charge in [0.05, 0.1) is 23.1 Å². The molecule has 0 radical (unpaired) electrons. The maximum Gasteiger partial charge on any atom is 0.416 e. The summed E-state index contributed by atoms with van der Waals surface area (Å²) in [6, 6.07) is 13.9. The van der Waals surface area contributed by atoms with E-state index in [2.05, 4.69) is 10.2 Å². The molecule has 0 atom stereocenters. The van der Waals surface area contributed by atoms with Crippen LogP contribution in [-0.4, -0.2) is 19.6 Å². The average Bonchev–Trinajstić information content (AvgIpc) is 3.18. The second-order valence-corrected chi connectivity index (χ2v) is 6.10. The summed E-state index contributed by atoms with van der Waals surface area (Å²) < 4.78 is 55.2. The standard InChI is InChI=1S/C20H12F4N4O/c21-15-12-13(20(22,23)24)6-7-16(15)27-11-9-18(29)19(26-27)17-8-10-25-28(17)14-4-2-1-3-5-14/h1-12H. The Labute approximate surface area is 161 Å². The Kier molecular flexibility index (Phi) is 4.50. The highest BCUT2D eigenvalue weighted by molar-refractivity contribution is 5.57. The molecule has 4 aromatic rings. The van der Waals surface area contributed by atoms with Gasteiger partial charge in [0.25, 0.3) is 0 Å². The van der Waals surface area contributed by atoms with Crippen LogP contribution in [0, 0.1) is 5.82 Å². The lowest BCUT2D eigenvalue weighted by atomic mass is 10.2. The first-order valence-electron chi connectivity index (χ1n) is 8.41. The molecule has 4 rings (SSSR count). The molecule has 0 bridgehead atoms. The van der Waals surface area contributed by atoms with Gasteiger partial charge in [0.15, 0.2) is 5.69 Å². The fourth-order valence-electron chi connectivity index (χ4n) is 2.85. The molecule has 29 heavy (non-hydrogen) atoms. The first-order chi connectivity index (χ1) is 13.8. The van der Waals surface area contributed by atoms with Crippen LogP contribution < -0.4 is 5.43 Å². The molecule has 2 aromatic heterocycles. The molecule has 0 spiro atoms. The van der Waals surface area contributed by atoms with Gasteiger partial charge in [-0.2, -0.15) is 23.4 Å². The average molecular weight is 400 g/mol. The third kappa shape index (κ3) is 3.54. The Morgan fingerprint density at radius 3 is 2.38 bits per heavy atom. The number of nitrogens with zero attached hydrogens (tertiary/aromatic N) is 4. The van der Waals surface area contributed by atoms with Crippen LogP contribution in [0.4, 0.5) is 17.6 Å². The highest BCUT2D eigenvalue weighted by Gasteiger charge is 2.31. The number of hydrogen-bond acceptors (Lipinski definition) is 3. The van der Waals surface area contributed by atoms with Crippen LogP contribution in [-0.2, 0) is 6.18 Å². The smallest absolute Gasteiger partial charge is 0.287 e. The maximum atomic E-state index is 14.3. The largest absolute Gasteiger partial charge is 0.416 e. The van der Waals surface area contributed by atoms with Gasteiger partial charge in [0.2, 0.25) is 5.43 Å². The monoisotopic (exact) mass is 400 g/mol. The summed E-state index contributed by atoms with van der Waals surface area (Å²) in [5.41, 5.74) is -0.737. The molecular formula is C20H12F4N4O. The zero-order valence-corrected chi connectivity index (χ0v) is 14.6. The number of para-hydroxylation sites is 1. The molecular weight excluding hydrogens is 388 g/mol. The molecule has 0 aliphatic rings. The predicted octanol–water partition coefficient (Wildman–Crippen LogP) is 4.24. The van der Waals surface area contributed by atoms with Crippen molar-refractivity contribution in [1.29, 1.82) is 0 Å². The van der Waals surface area contributed by atoms with Crippen molar-refractivity contribution in [1.82, 2.24) is 19.6 Å². The van der Waals surface area contributed by atoms with E-state index >= 15 is 0 Å². The van der Waals surface area contributed by atoms with Gasteiger partial charge in [0.1, 0.15) is 11.5 Å². The number of alkyl halides is 3. The van der Waals surface area contributed by atoms with E-state index in [-0.39, 0.29) is 11.4 Å². The Balaban J connectivity index is 1.82. The Morgan fingerprint density at radius 1 is 0.931 bits per heavy atom. The van der Waals surface area contributed by atoms with E-state index < -0.39 is 23.0 Å². The summed E-state index contributed by atoms with van der Waals surface area (Å²) in [7, 11) is 0. The zero-order valence-electron chi connectivity index (χ0n) is 14.6. The van der Waals surface area contributed by atoms with Crippen molar-refractivity contribution in [3.05, 3.63) is 94.7 Å². The molecule has 0 aliphatic heterocycles. The minimum absolute atomic E-state index is 0.0202. The van der Waals surface area contributed by atoms with Crippen LogP contribution in [0.5, 0.6) is 0 Å². The molecule has 0 fully saturated rings. The predicted molar refractivity (Wildman–Crippen MR) is 97.4 cm³/mol. The minimum atomic E-state index is -4.66. The Morgan fingerprint density at radius 2 is 1.69 bits per heavy atom.